The van der Waals surface area contributed by atoms with E-state index < -0.39 is 4.92 Å². The lowest BCUT2D eigenvalue weighted by Gasteiger charge is -2.26. The largest absolute Gasteiger partial charge is 0.363 e. The van der Waals surface area contributed by atoms with Gasteiger partial charge in [0.05, 0.1) is 4.92 Å². The predicted octanol–water partition coefficient (Wildman–Crippen LogP) is 2.57. The Kier molecular flexibility index (Phi) is 3.84. The summed E-state index contributed by atoms with van der Waals surface area (Å²) in [5.74, 6) is 1.76. The summed E-state index contributed by atoms with van der Waals surface area (Å²) in [5, 5.41) is 18.1. The molecular formula is C12H20N4O2. The number of hydrogen-bond donors (Lipinski definition) is 1. The maximum absolute atomic E-state index is 10.9. The fourth-order valence-electron chi connectivity index (χ4n) is 2.72. The summed E-state index contributed by atoms with van der Waals surface area (Å²) < 4.78 is 1.48. The van der Waals surface area contributed by atoms with Crippen molar-refractivity contribution in [1.82, 2.24) is 9.78 Å². The number of aromatic nitrogens is 2. The zero-order valence-electron chi connectivity index (χ0n) is 10.9. The molecule has 0 spiro atoms. The van der Waals surface area contributed by atoms with E-state index in [1.807, 2.05) is 0 Å². The summed E-state index contributed by atoms with van der Waals surface area (Å²) in [6.45, 7) is 3.05. The third kappa shape index (κ3) is 3.00. The highest BCUT2D eigenvalue weighted by molar-refractivity contribution is 5.54. The Labute approximate surface area is 107 Å². The van der Waals surface area contributed by atoms with Crippen LogP contribution >= 0.6 is 0 Å². The highest BCUT2D eigenvalue weighted by Crippen LogP contribution is 2.29. The van der Waals surface area contributed by atoms with Gasteiger partial charge in [-0.2, -0.15) is 0 Å². The van der Waals surface area contributed by atoms with Crippen LogP contribution in [0.5, 0.6) is 0 Å². The molecule has 0 aromatic carbocycles. The fraction of sp³-hybridized carbons (Fsp3) is 0.750. The van der Waals surface area contributed by atoms with Gasteiger partial charge in [0.15, 0.2) is 0 Å². The van der Waals surface area contributed by atoms with Crippen LogP contribution < -0.4 is 5.32 Å². The van der Waals surface area contributed by atoms with Gasteiger partial charge < -0.3 is 5.32 Å². The number of anilines is 1. The first-order valence-corrected chi connectivity index (χ1v) is 6.48. The van der Waals surface area contributed by atoms with Gasteiger partial charge in [-0.3, -0.25) is 14.8 Å². The molecule has 1 heterocycles. The van der Waals surface area contributed by atoms with Crippen molar-refractivity contribution in [2.45, 2.75) is 32.6 Å². The molecule has 0 aliphatic heterocycles. The average molecular weight is 252 g/mol. The minimum atomic E-state index is -0.390. The smallest absolute Gasteiger partial charge is 0.330 e. The Morgan fingerprint density at radius 2 is 2.39 bits per heavy atom. The van der Waals surface area contributed by atoms with Crippen LogP contribution in [-0.4, -0.2) is 21.2 Å². The summed E-state index contributed by atoms with van der Waals surface area (Å²) in [5.41, 5.74) is 0.0568. The normalized spacial score (nSPS) is 23.9. The molecule has 1 aliphatic carbocycles. The Hall–Kier alpha value is -1.59. The Bertz CT molecular complexity index is 430. The maximum atomic E-state index is 10.9. The van der Waals surface area contributed by atoms with Gasteiger partial charge in [-0.1, -0.05) is 19.8 Å². The summed E-state index contributed by atoms with van der Waals surface area (Å²) in [6, 6.07) is 0. The van der Waals surface area contributed by atoms with Crippen LogP contribution in [-0.2, 0) is 7.05 Å². The molecule has 2 unspecified atom stereocenters. The van der Waals surface area contributed by atoms with E-state index in [1.54, 1.807) is 7.05 Å². The molecule has 6 nitrogen and oxygen atoms in total. The summed E-state index contributed by atoms with van der Waals surface area (Å²) in [6.07, 6.45) is 6.41. The van der Waals surface area contributed by atoms with Crippen molar-refractivity contribution in [3.8, 4) is 0 Å². The first-order valence-electron chi connectivity index (χ1n) is 6.48. The average Bonchev–Trinajstić information content (AvgIpc) is 2.68. The first kappa shape index (κ1) is 12.9. The van der Waals surface area contributed by atoms with Crippen LogP contribution in [0.2, 0.25) is 0 Å². The Morgan fingerprint density at radius 3 is 3.06 bits per heavy atom. The molecule has 1 saturated carbocycles. The van der Waals surface area contributed by atoms with Crippen LogP contribution in [0.3, 0.4) is 0 Å². The zero-order chi connectivity index (χ0) is 13.1. The number of aryl methyl sites for hydroxylation is 1. The van der Waals surface area contributed by atoms with Gasteiger partial charge in [-0.15, -0.1) is 5.10 Å². The lowest BCUT2D eigenvalue weighted by molar-refractivity contribution is -0.384. The van der Waals surface area contributed by atoms with E-state index in [2.05, 4.69) is 17.3 Å². The molecule has 2 atom stereocenters. The quantitative estimate of drug-likeness (QED) is 0.660. The lowest BCUT2D eigenvalue weighted by Crippen LogP contribution is -2.21. The molecule has 1 N–H and O–H groups in total. The van der Waals surface area contributed by atoms with E-state index >= 15 is 0 Å². The molecule has 0 bridgehead atoms. The molecule has 0 amide bonds. The monoisotopic (exact) mass is 252 g/mol. The molecule has 18 heavy (non-hydrogen) atoms. The van der Waals surface area contributed by atoms with E-state index in [4.69, 9.17) is 0 Å². The van der Waals surface area contributed by atoms with Crippen molar-refractivity contribution >= 4 is 11.5 Å². The molecule has 100 valence electrons. The Balaban J connectivity index is 1.95. The van der Waals surface area contributed by atoms with Gasteiger partial charge in [-0.25, -0.2) is 0 Å². The van der Waals surface area contributed by atoms with Crippen molar-refractivity contribution in [2.24, 2.45) is 18.9 Å². The van der Waals surface area contributed by atoms with E-state index in [9.17, 15) is 10.1 Å². The van der Waals surface area contributed by atoms with Crippen LogP contribution in [0.4, 0.5) is 11.5 Å². The Morgan fingerprint density at radius 1 is 1.61 bits per heavy atom. The molecule has 1 fully saturated rings. The standard InChI is InChI=1S/C12H20N4O2/c1-9-4-3-5-10(6-9)7-13-12-11(16(17)18)8-15(2)14-12/h8-10H,3-7H2,1-2H3,(H,13,14). The SMILES string of the molecule is CC1CCCC(CNc2nn(C)cc2[N+](=O)[O-])C1. The second-order valence-corrected chi connectivity index (χ2v) is 5.31. The number of nitrogens with zero attached hydrogens (tertiary/aromatic N) is 3. The predicted molar refractivity (Wildman–Crippen MR) is 69.5 cm³/mol. The second-order valence-electron chi connectivity index (χ2n) is 5.31. The highest BCUT2D eigenvalue weighted by atomic mass is 16.6. The minimum Gasteiger partial charge on any atom is -0.363 e. The van der Waals surface area contributed by atoms with Crippen molar-refractivity contribution in [3.05, 3.63) is 16.3 Å². The molecule has 0 radical (unpaired) electrons. The van der Waals surface area contributed by atoms with Gasteiger partial charge in [0.2, 0.25) is 5.82 Å². The number of hydrogen-bond acceptors (Lipinski definition) is 4. The van der Waals surface area contributed by atoms with Crippen molar-refractivity contribution < 1.29 is 4.92 Å². The van der Waals surface area contributed by atoms with Crippen molar-refractivity contribution in [3.63, 3.8) is 0 Å². The van der Waals surface area contributed by atoms with Gasteiger partial charge >= 0.3 is 5.69 Å². The summed E-state index contributed by atoms with van der Waals surface area (Å²) in [7, 11) is 1.70. The molecule has 6 heteroatoms. The second kappa shape index (κ2) is 5.37. The van der Waals surface area contributed by atoms with Crippen LogP contribution in [0.25, 0.3) is 0 Å². The van der Waals surface area contributed by atoms with Crippen LogP contribution in [0, 0.1) is 22.0 Å². The molecular weight excluding hydrogens is 232 g/mol. The van der Waals surface area contributed by atoms with Gasteiger partial charge in [0.25, 0.3) is 0 Å². The van der Waals surface area contributed by atoms with E-state index in [0.29, 0.717) is 11.7 Å². The van der Waals surface area contributed by atoms with E-state index in [-0.39, 0.29) is 5.69 Å². The number of nitrogens with one attached hydrogen (secondary N) is 1. The third-order valence-electron chi connectivity index (χ3n) is 3.61. The fourth-order valence-corrected chi connectivity index (χ4v) is 2.72. The summed E-state index contributed by atoms with van der Waals surface area (Å²) in [4.78, 5) is 10.5. The van der Waals surface area contributed by atoms with Crippen molar-refractivity contribution in [1.29, 1.82) is 0 Å². The molecule has 0 saturated heterocycles. The maximum Gasteiger partial charge on any atom is 0.330 e. The van der Waals surface area contributed by atoms with Crippen molar-refractivity contribution in [2.75, 3.05) is 11.9 Å². The molecule has 1 aliphatic rings. The zero-order valence-corrected chi connectivity index (χ0v) is 10.9. The summed E-state index contributed by atoms with van der Waals surface area (Å²) >= 11 is 0. The van der Waals surface area contributed by atoms with Crippen LogP contribution in [0.1, 0.15) is 32.6 Å². The van der Waals surface area contributed by atoms with Gasteiger partial charge in [0, 0.05) is 13.6 Å². The third-order valence-corrected chi connectivity index (χ3v) is 3.61. The highest BCUT2D eigenvalue weighted by Gasteiger charge is 2.22. The topological polar surface area (TPSA) is 73.0 Å². The first-order chi connectivity index (χ1) is 8.56. The van der Waals surface area contributed by atoms with Gasteiger partial charge in [0.1, 0.15) is 6.20 Å². The number of rotatable bonds is 4. The molecule has 1 aromatic rings. The molecule has 2 rings (SSSR count). The number of nitro groups is 1. The molecule has 1 aromatic heterocycles. The van der Waals surface area contributed by atoms with Crippen LogP contribution in [0.15, 0.2) is 6.20 Å². The van der Waals surface area contributed by atoms with E-state index in [0.717, 1.165) is 12.5 Å². The van der Waals surface area contributed by atoms with Gasteiger partial charge in [-0.05, 0) is 24.7 Å². The lowest BCUT2D eigenvalue weighted by atomic mass is 9.82. The minimum absolute atomic E-state index is 0.0568. The van der Waals surface area contributed by atoms with E-state index in [1.165, 1.54) is 36.6 Å².